The van der Waals surface area contributed by atoms with Gasteiger partial charge in [-0.05, 0) is 83.5 Å². The molecule has 0 saturated carbocycles. The van der Waals surface area contributed by atoms with Gasteiger partial charge in [0, 0.05) is 5.56 Å². The Hall–Kier alpha value is -3.93. The van der Waals surface area contributed by atoms with Crippen LogP contribution >= 0.6 is 0 Å². The molecule has 4 aromatic rings. The SMILES string of the molecule is COc1cc(C)c(-c2nc3ccccc3c(=O)n2N=Cc2ccc(OCC(C)(C)C)cc2)cc1C(C)C. The van der Waals surface area contributed by atoms with Crippen LogP contribution in [-0.2, 0) is 0 Å². The Labute approximate surface area is 218 Å². The van der Waals surface area contributed by atoms with Crippen LogP contribution in [0.15, 0.2) is 70.6 Å². The fraction of sp³-hybridized carbons (Fsp3) is 0.323. The Morgan fingerprint density at radius 3 is 2.41 bits per heavy atom. The smallest absolute Gasteiger partial charge is 0.282 e. The molecule has 0 aliphatic rings. The molecule has 6 heteroatoms. The molecule has 0 saturated heterocycles. The summed E-state index contributed by atoms with van der Waals surface area (Å²) in [6.45, 7) is 13.3. The third-order valence-electron chi connectivity index (χ3n) is 6.07. The number of methoxy groups -OCH3 is 1. The van der Waals surface area contributed by atoms with Gasteiger partial charge in [-0.3, -0.25) is 4.79 Å². The number of nitrogens with zero attached hydrogens (tertiary/aromatic N) is 3. The second-order valence-corrected chi connectivity index (χ2v) is 10.8. The Bertz CT molecular complexity index is 1490. The maximum atomic E-state index is 13.6. The number of aryl methyl sites for hydroxylation is 1. The normalized spacial score (nSPS) is 12.0. The summed E-state index contributed by atoms with van der Waals surface area (Å²) in [4.78, 5) is 18.5. The molecule has 0 radical (unpaired) electrons. The monoisotopic (exact) mass is 497 g/mol. The molecule has 0 bridgehead atoms. The van der Waals surface area contributed by atoms with Crippen molar-refractivity contribution in [1.82, 2.24) is 9.66 Å². The highest BCUT2D eigenvalue weighted by atomic mass is 16.5. The summed E-state index contributed by atoms with van der Waals surface area (Å²) in [6.07, 6.45) is 1.68. The Morgan fingerprint density at radius 2 is 1.76 bits per heavy atom. The molecular formula is C31H35N3O3. The lowest BCUT2D eigenvalue weighted by molar-refractivity contribution is 0.198. The molecule has 192 valence electrons. The molecule has 0 atom stereocenters. The van der Waals surface area contributed by atoms with Gasteiger partial charge in [-0.25, -0.2) is 4.98 Å². The third-order valence-corrected chi connectivity index (χ3v) is 6.07. The van der Waals surface area contributed by atoms with E-state index in [0.717, 1.165) is 33.8 Å². The highest BCUT2D eigenvalue weighted by Gasteiger charge is 2.18. The van der Waals surface area contributed by atoms with Gasteiger partial charge in [0.2, 0.25) is 0 Å². The summed E-state index contributed by atoms with van der Waals surface area (Å²) >= 11 is 0. The van der Waals surface area contributed by atoms with E-state index < -0.39 is 0 Å². The molecule has 37 heavy (non-hydrogen) atoms. The van der Waals surface area contributed by atoms with Crippen LogP contribution in [0.3, 0.4) is 0 Å². The largest absolute Gasteiger partial charge is 0.496 e. The van der Waals surface area contributed by atoms with Crippen molar-refractivity contribution < 1.29 is 9.47 Å². The molecular weight excluding hydrogens is 462 g/mol. The Kier molecular flexibility index (Phi) is 7.48. The first kappa shape index (κ1) is 26.1. The predicted octanol–water partition coefficient (Wildman–Crippen LogP) is 6.81. The van der Waals surface area contributed by atoms with Gasteiger partial charge in [-0.2, -0.15) is 9.78 Å². The van der Waals surface area contributed by atoms with Crippen molar-refractivity contribution in [3.8, 4) is 22.9 Å². The number of fused-ring (bicyclic) bond motifs is 1. The number of rotatable bonds is 7. The minimum Gasteiger partial charge on any atom is -0.496 e. The molecule has 0 unspecified atom stereocenters. The topological polar surface area (TPSA) is 65.7 Å². The molecule has 0 N–H and O–H groups in total. The zero-order chi connectivity index (χ0) is 26.7. The highest BCUT2D eigenvalue weighted by molar-refractivity contribution is 5.82. The van der Waals surface area contributed by atoms with Crippen molar-refractivity contribution >= 4 is 17.1 Å². The lowest BCUT2D eigenvalue weighted by atomic mass is 9.96. The van der Waals surface area contributed by atoms with Crippen molar-refractivity contribution in [2.24, 2.45) is 10.5 Å². The first-order valence-electron chi connectivity index (χ1n) is 12.6. The van der Waals surface area contributed by atoms with E-state index in [4.69, 9.17) is 14.5 Å². The van der Waals surface area contributed by atoms with Gasteiger partial charge in [0.1, 0.15) is 11.5 Å². The highest BCUT2D eigenvalue weighted by Crippen LogP contribution is 2.34. The summed E-state index contributed by atoms with van der Waals surface area (Å²) in [6, 6.07) is 19.1. The minimum absolute atomic E-state index is 0.0792. The summed E-state index contributed by atoms with van der Waals surface area (Å²) in [5, 5.41) is 5.14. The maximum Gasteiger partial charge on any atom is 0.282 e. The maximum absolute atomic E-state index is 13.6. The third kappa shape index (κ3) is 5.91. The zero-order valence-electron chi connectivity index (χ0n) is 22.7. The number of para-hydroxylation sites is 1. The molecule has 0 fully saturated rings. The van der Waals surface area contributed by atoms with Gasteiger partial charge in [0.15, 0.2) is 5.82 Å². The Morgan fingerprint density at radius 1 is 1.05 bits per heavy atom. The molecule has 0 amide bonds. The first-order chi connectivity index (χ1) is 17.6. The van der Waals surface area contributed by atoms with E-state index in [1.165, 1.54) is 4.68 Å². The van der Waals surface area contributed by atoms with Crippen molar-refractivity contribution in [3.05, 3.63) is 87.7 Å². The average Bonchev–Trinajstić information content (AvgIpc) is 2.86. The lowest BCUT2D eigenvalue weighted by Gasteiger charge is -2.18. The summed E-state index contributed by atoms with van der Waals surface area (Å²) in [5.41, 5.74) is 4.19. The molecule has 6 nitrogen and oxygen atoms in total. The first-order valence-corrected chi connectivity index (χ1v) is 12.6. The van der Waals surface area contributed by atoms with Gasteiger partial charge in [-0.1, -0.05) is 46.8 Å². The fourth-order valence-electron chi connectivity index (χ4n) is 4.05. The molecule has 0 aliphatic carbocycles. The lowest BCUT2D eigenvalue weighted by Crippen LogP contribution is -2.20. The molecule has 0 spiro atoms. The van der Waals surface area contributed by atoms with Crippen molar-refractivity contribution in [2.45, 2.75) is 47.5 Å². The average molecular weight is 498 g/mol. The van der Waals surface area contributed by atoms with Gasteiger partial charge in [-0.15, -0.1) is 0 Å². The molecule has 1 aromatic heterocycles. The van der Waals surface area contributed by atoms with Crippen LogP contribution in [0.4, 0.5) is 0 Å². The van der Waals surface area contributed by atoms with Gasteiger partial charge >= 0.3 is 0 Å². The van der Waals surface area contributed by atoms with Crippen LogP contribution in [-0.4, -0.2) is 29.6 Å². The second kappa shape index (κ2) is 10.6. The van der Waals surface area contributed by atoms with Crippen LogP contribution in [0, 0.1) is 12.3 Å². The predicted molar refractivity (Wildman–Crippen MR) is 151 cm³/mol. The summed E-state index contributed by atoms with van der Waals surface area (Å²) in [5.74, 6) is 2.35. The number of ether oxygens (including phenoxy) is 2. The molecule has 0 aliphatic heterocycles. The van der Waals surface area contributed by atoms with E-state index in [0.29, 0.717) is 23.3 Å². The van der Waals surface area contributed by atoms with Crippen LogP contribution in [0.25, 0.3) is 22.3 Å². The van der Waals surface area contributed by atoms with E-state index >= 15 is 0 Å². The van der Waals surface area contributed by atoms with E-state index in [-0.39, 0.29) is 16.9 Å². The zero-order valence-corrected chi connectivity index (χ0v) is 22.7. The summed E-state index contributed by atoms with van der Waals surface area (Å²) < 4.78 is 12.9. The number of hydrogen-bond acceptors (Lipinski definition) is 5. The molecule has 3 aromatic carbocycles. The van der Waals surface area contributed by atoms with Gasteiger partial charge in [0.25, 0.3) is 5.56 Å². The van der Waals surface area contributed by atoms with E-state index in [9.17, 15) is 4.79 Å². The number of hydrogen-bond donors (Lipinski definition) is 0. The second-order valence-electron chi connectivity index (χ2n) is 10.8. The standard InChI is InChI=1S/C31H35N3O3/c1-20(2)25-17-26(21(3)16-28(25)36-7)29-33-27-11-9-8-10-24(27)30(35)34(29)32-18-22-12-14-23(15-13-22)37-19-31(4,5)6/h8-18,20H,19H2,1-7H3. The van der Waals surface area contributed by atoms with Crippen molar-refractivity contribution in [1.29, 1.82) is 0 Å². The van der Waals surface area contributed by atoms with Gasteiger partial charge in [0.05, 0.1) is 30.8 Å². The number of benzene rings is 3. The Balaban J connectivity index is 1.81. The van der Waals surface area contributed by atoms with Crippen LogP contribution in [0.1, 0.15) is 57.2 Å². The molecule has 4 rings (SSSR count). The molecule has 1 heterocycles. The van der Waals surface area contributed by atoms with Gasteiger partial charge < -0.3 is 9.47 Å². The number of aromatic nitrogens is 2. The van der Waals surface area contributed by atoms with Crippen LogP contribution in [0.2, 0.25) is 0 Å². The fourth-order valence-corrected chi connectivity index (χ4v) is 4.05. The van der Waals surface area contributed by atoms with Crippen molar-refractivity contribution in [3.63, 3.8) is 0 Å². The van der Waals surface area contributed by atoms with Crippen LogP contribution < -0.4 is 15.0 Å². The quantitative estimate of drug-likeness (QED) is 0.263. The van der Waals surface area contributed by atoms with Crippen LogP contribution in [0.5, 0.6) is 11.5 Å². The minimum atomic E-state index is -0.219. The van der Waals surface area contributed by atoms with Crippen molar-refractivity contribution in [2.75, 3.05) is 13.7 Å². The van der Waals surface area contributed by atoms with E-state index in [2.05, 4.69) is 45.8 Å². The van der Waals surface area contributed by atoms with E-state index in [1.807, 2.05) is 55.5 Å². The van der Waals surface area contributed by atoms with E-state index in [1.54, 1.807) is 19.4 Å². The summed E-state index contributed by atoms with van der Waals surface area (Å²) in [7, 11) is 1.67.